The van der Waals surface area contributed by atoms with Crippen molar-refractivity contribution in [3.8, 4) is 0 Å². The highest BCUT2D eigenvalue weighted by Crippen LogP contribution is 2.23. The van der Waals surface area contributed by atoms with Crippen molar-refractivity contribution in [2.24, 2.45) is 0 Å². The first kappa shape index (κ1) is 12.7. The highest BCUT2D eigenvalue weighted by Gasteiger charge is 2.11. The third kappa shape index (κ3) is 2.93. The van der Waals surface area contributed by atoms with Crippen LogP contribution < -0.4 is 0 Å². The smallest absolute Gasteiger partial charge is 0.159 e. The average molecular weight is 269 g/mol. The molecule has 0 aliphatic carbocycles. The highest BCUT2D eigenvalue weighted by atomic mass is 32.1. The zero-order valence-electron chi connectivity index (χ0n) is 9.60. The number of aromatic nitrogens is 1. The summed E-state index contributed by atoms with van der Waals surface area (Å²) in [4.78, 5) is 3.19. The minimum absolute atomic E-state index is 0.0368. The fraction of sp³-hybridized carbons (Fsp3) is 0.417. The Hall–Kier alpha value is -0.750. The van der Waals surface area contributed by atoms with Crippen molar-refractivity contribution in [3.05, 3.63) is 27.7 Å². The van der Waals surface area contributed by atoms with E-state index < -0.39 is 0 Å². The molecule has 0 bridgehead atoms. The SMILES string of the molecule is CCOC(CO)Cc1cccc2sc(=S)[nH]c12. The summed E-state index contributed by atoms with van der Waals surface area (Å²) in [5, 5.41) is 9.24. The first-order valence-corrected chi connectivity index (χ1v) is 6.80. The van der Waals surface area contributed by atoms with E-state index in [1.54, 1.807) is 11.3 Å². The van der Waals surface area contributed by atoms with E-state index in [0.717, 1.165) is 19.7 Å². The first-order valence-electron chi connectivity index (χ1n) is 5.57. The van der Waals surface area contributed by atoms with E-state index in [1.807, 2.05) is 25.1 Å². The molecule has 0 saturated heterocycles. The van der Waals surface area contributed by atoms with Crippen molar-refractivity contribution in [3.63, 3.8) is 0 Å². The molecule has 2 N–H and O–H groups in total. The van der Waals surface area contributed by atoms with Crippen LogP contribution in [0.1, 0.15) is 12.5 Å². The third-order valence-electron chi connectivity index (χ3n) is 2.60. The van der Waals surface area contributed by atoms with Gasteiger partial charge in [-0.2, -0.15) is 0 Å². The zero-order chi connectivity index (χ0) is 12.3. The molecule has 1 heterocycles. The van der Waals surface area contributed by atoms with Gasteiger partial charge in [-0.1, -0.05) is 12.1 Å². The van der Waals surface area contributed by atoms with E-state index in [-0.39, 0.29) is 12.7 Å². The van der Waals surface area contributed by atoms with Crippen molar-refractivity contribution in [1.29, 1.82) is 0 Å². The Morgan fingerprint density at radius 2 is 2.35 bits per heavy atom. The van der Waals surface area contributed by atoms with Gasteiger partial charge in [0.25, 0.3) is 0 Å². The highest BCUT2D eigenvalue weighted by molar-refractivity contribution is 7.73. The average Bonchev–Trinajstić information content (AvgIpc) is 2.70. The number of fused-ring (bicyclic) bond motifs is 1. The number of nitrogens with one attached hydrogen (secondary N) is 1. The molecule has 5 heteroatoms. The van der Waals surface area contributed by atoms with Gasteiger partial charge in [-0.15, -0.1) is 11.3 Å². The van der Waals surface area contributed by atoms with Gasteiger partial charge in [0.1, 0.15) is 0 Å². The van der Waals surface area contributed by atoms with Gasteiger partial charge in [-0.25, -0.2) is 0 Å². The molecule has 0 fully saturated rings. The van der Waals surface area contributed by atoms with Crippen LogP contribution in [-0.4, -0.2) is 29.4 Å². The number of H-pyrrole nitrogens is 1. The predicted molar refractivity (Wildman–Crippen MR) is 73.2 cm³/mol. The molecule has 1 aromatic heterocycles. The van der Waals surface area contributed by atoms with Crippen LogP contribution in [0.15, 0.2) is 18.2 Å². The summed E-state index contributed by atoms with van der Waals surface area (Å²) < 4.78 is 7.40. The molecule has 0 aliphatic heterocycles. The molecule has 1 unspecified atom stereocenters. The van der Waals surface area contributed by atoms with Crippen LogP contribution in [0.25, 0.3) is 10.2 Å². The van der Waals surface area contributed by atoms with Crippen LogP contribution in [0, 0.1) is 3.95 Å². The summed E-state index contributed by atoms with van der Waals surface area (Å²) in [5.74, 6) is 0. The maximum atomic E-state index is 9.24. The third-order valence-corrected chi connectivity index (χ3v) is 3.80. The fourth-order valence-electron chi connectivity index (χ4n) is 1.86. The van der Waals surface area contributed by atoms with E-state index in [2.05, 4.69) is 4.98 Å². The first-order chi connectivity index (χ1) is 8.24. The summed E-state index contributed by atoms with van der Waals surface area (Å²) in [7, 11) is 0. The Labute approximate surface area is 109 Å². The number of aliphatic hydroxyl groups excluding tert-OH is 1. The molecule has 0 spiro atoms. The molecule has 1 aromatic carbocycles. The Balaban J connectivity index is 2.31. The predicted octanol–water partition coefficient (Wildman–Crippen LogP) is 2.90. The molecule has 0 radical (unpaired) electrons. The van der Waals surface area contributed by atoms with Crippen LogP contribution in [0.4, 0.5) is 0 Å². The fourth-order valence-corrected chi connectivity index (χ4v) is 3.01. The van der Waals surface area contributed by atoms with Crippen LogP contribution >= 0.6 is 23.6 Å². The monoisotopic (exact) mass is 269 g/mol. The molecule has 3 nitrogen and oxygen atoms in total. The van der Waals surface area contributed by atoms with Crippen LogP contribution in [0.3, 0.4) is 0 Å². The maximum absolute atomic E-state index is 9.24. The Morgan fingerprint density at radius 3 is 3.06 bits per heavy atom. The number of hydrogen-bond acceptors (Lipinski definition) is 4. The van der Waals surface area contributed by atoms with Gasteiger partial charge < -0.3 is 14.8 Å². The van der Waals surface area contributed by atoms with Crippen LogP contribution in [0.2, 0.25) is 0 Å². The van der Waals surface area contributed by atoms with Gasteiger partial charge in [-0.3, -0.25) is 0 Å². The Bertz CT molecular complexity index is 547. The lowest BCUT2D eigenvalue weighted by Crippen LogP contribution is -2.20. The number of ether oxygens (including phenoxy) is 1. The van der Waals surface area contributed by atoms with Crippen molar-refractivity contribution in [1.82, 2.24) is 4.98 Å². The summed E-state index contributed by atoms with van der Waals surface area (Å²) in [6.07, 6.45) is 0.552. The van der Waals surface area contributed by atoms with E-state index in [0.29, 0.717) is 13.0 Å². The van der Waals surface area contributed by atoms with E-state index in [9.17, 15) is 5.11 Å². The van der Waals surface area contributed by atoms with Crippen LogP contribution in [0.5, 0.6) is 0 Å². The Kier molecular flexibility index (Phi) is 4.28. The number of para-hydroxylation sites is 1. The summed E-state index contributed by atoms with van der Waals surface area (Å²) in [6, 6.07) is 6.10. The maximum Gasteiger partial charge on any atom is 0.159 e. The molecule has 1 atom stereocenters. The lowest BCUT2D eigenvalue weighted by atomic mass is 10.1. The van der Waals surface area contributed by atoms with Gasteiger partial charge >= 0.3 is 0 Å². The molecule has 0 amide bonds. The summed E-state index contributed by atoms with van der Waals surface area (Å²) >= 11 is 6.72. The summed E-state index contributed by atoms with van der Waals surface area (Å²) in [6.45, 7) is 2.58. The Morgan fingerprint density at radius 1 is 1.53 bits per heavy atom. The number of aliphatic hydroxyl groups is 1. The quantitative estimate of drug-likeness (QED) is 0.820. The van der Waals surface area contributed by atoms with Gasteiger partial charge in [0.2, 0.25) is 0 Å². The minimum atomic E-state index is -0.146. The second kappa shape index (κ2) is 5.73. The lowest BCUT2D eigenvalue weighted by molar-refractivity contribution is 0.0208. The van der Waals surface area contributed by atoms with E-state index >= 15 is 0 Å². The topological polar surface area (TPSA) is 45.2 Å². The lowest BCUT2D eigenvalue weighted by Gasteiger charge is -2.14. The molecule has 0 saturated carbocycles. The van der Waals surface area contributed by atoms with Gasteiger partial charge in [0.15, 0.2) is 3.95 Å². The number of benzene rings is 1. The molecule has 17 heavy (non-hydrogen) atoms. The largest absolute Gasteiger partial charge is 0.394 e. The standard InChI is InChI=1S/C12H15NO2S2/c1-2-15-9(7-14)6-8-4-3-5-10-11(8)13-12(16)17-10/h3-5,9,14H,2,6-7H2,1H3,(H,13,16). The second-order valence-electron chi connectivity index (χ2n) is 3.77. The second-order valence-corrected chi connectivity index (χ2v) is 5.49. The van der Waals surface area contributed by atoms with E-state index in [4.69, 9.17) is 17.0 Å². The van der Waals surface area contributed by atoms with E-state index in [1.165, 1.54) is 0 Å². The molecule has 0 aliphatic rings. The zero-order valence-corrected chi connectivity index (χ0v) is 11.2. The number of hydrogen-bond donors (Lipinski definition) is 2. The minimum Gasteiger partial charge on any atom is -0.394 e. The molecule has 2 rings (SSSR count). The number of aromatic amines is 1. The number of rotatable bonds is 5. The van der Waals surface area contributed by atoms with Crippen LogP contribution in [-0.2, 0) is 11.2 Å². The van der Waals surface area contributed by atoms with Crippen molar-refractivity contribution >= 4 is 33.8 Å². The normalized spacial score (nSPS) is 13.1. The van der Waals surface area contributed by atoms with Crippen molar-refractivity contribution in [2.75, 3.05) is 13.2 Å². The van der Waals surface area contributed by atoms with Crippen molar-refractivity contribution < 1.29 is 9.84 Å². The van der Waals surface area contributed by atoms with Gasteiger partial charge in [-0.05, 0) is 30.8 Å². The molecular formula is C12H15NO2S2. The van der Waals surface area contributed by atoms with Gasteiger partial charge in [0, 0.05) is 13.0 Å². The van der Waals surface area contributed by atoms with Crippen molar-refractivity contribution in [2.45, 2.75) is 19.4 Å². The molecule has 92 valence electrons. The molecule has 2 aromatic rings. The number of thiazole rings is 1. The summed E-state index contributed by atoms with van der Waals surface area (Å²) in [5.41, 5.74) is 2.21. The molecular weight excluding hydrogens is 254 g/mol. The van der Waals surface area contributed by atoms with Gasteiger partial charge in [0.05, 0.1) is 22.9 Å².